The number of aryl methyl sites for hydroxylation is 4. The largest absolute Gasteiger partial charge is 0.338 e. The summed E-state index contributed by atoms with van der Waals surface area (Å²) in [7, 11) is 0. The van der Waals surface area contributed by atoms with E-state index < -0.39 is 0 Å². The summed E-state index contributed by atoms with van der Waals surface area (Å²) in [6, 6.07) is 14.5. The van der Waals surface area contributed by atoms with Gasteiger partial charge in [0.05, 0.1) is 5.69 Å². The zero-order valence-corrected chi connectivity index (χ0v) is 18.3. The number of benzene rings is 2. The van der Waals surface area contributed by atoms with Crippen LogP contribution in [0.25, 0.3) is 11.1 Å². The van der Waals surface area contributed by atoms with Gasteiger partial charge in [-0.2, -0.15) is 0 Å². The highest BCUT2D eigenvalue weighted by molar-refractivity contribution is 5.94. The SMILES string of the molecule is Cc1cccc(-c2cnc(C)nc2C2CCCN(C(=O)c3ccc(C)c(C)c3)C2)c1. The molecular formula is C26H29N3O. The maximum atomic E-state index is 13.2. The number of aromatic nitrogens is 2. The molecule has 0 aliphatic carbocycles. The second kappa shape index (κ2) is 8.39. The van der Waals surface area contributed by atoms with Gasteiger partial charge in [0, 0.05) is 36.3 Å². The van der Waals surface area contributed by atoms with Gasteiger partial charge in [-0.1, -0.05) is 35.9 Å². The molecule has 4 heteroatoms. The molecule has 0 saturated carbocycles. The Morgan fingerprint density at radius 3 is 2.63 bits per heavy atom. The fraction of sp³-hybridized carbons (Fsp3) is 0.346. The smallest absolute Gasteiger partial charge is 0.253 e. The van der Waals surface area contributed by atoms with Crippen molar-refractivity contribution in [1.82, 2.24) is 14.9 Å². The van der Waals surface area contributed by atoms with Gasteiger partial charge in [-0.3, -0.25) is 4.79 Å². The lowest BCUT2D eigenvalue weighted by molar-refractivity contribution is 0.0706. The molecule has 1 saturated heterocycles. The lowest BCUT2D eigenvalue weighted by Gasteiger charge is -2.33. The van der Waals surface area contributed by atoms with E-state index >= 15 is 0 Å². The fourth-order valence-electron chi connectivity index (χ4n) is 4.28. The van der Waals surface area contributed by atoms with Gasteiger partial charge in [0.1, 0.15) is 5.82 Å². The lowest BCUT2D eigenvalue weighted by atomic mass is 9.89. The van der Waals surface area contributed by atoms with Crippen molar-refractivity contribution in [3.8, 4) is 11.1 Å². The van der Waals surface area contributed by atoms with Crippen molar-refractivity contribution in [2.45, 2.75) is 46.5 Å². The van der Waals surface area contributed by atoms with Crippen LogP contribution in [0.1, 0.15) is 57.3 Å². The van der Waals surface area contributed by atoms with E-state index in [2.05, 4.69) is 50.0 Å². The molecule has 0 bridgehead atoms. The first-order chi connectivity index (χ1) is 14.4. The third-order valence-corrected chi connectivity index (χ3v) is 6.12. The Balaban J connectivity index is 1.64. The molecule has 0 spiro atoms. The summed E-state index contributed by atoms with van der Waals surface area (Å²) in [5.41, 5.74) is 7.64. The van der Waals surface area contributed by atoms with Crippen LogP contribution in [-0.4, -0.2) is 33.9 Å². The quantitative estimate of drug-likeness (QED) is 0.593. The molecule has 1 atom stereocenters. The van der Waals surface area contributed by atoms with E-state index in [1.165, 1.54) is 11.1 Å². The van der Waals surface area contributed by atoms with E-state index in [1.54, 1.807) is 0 Å². The molecule has 1 fully saturated rings. The molecule has 4 rings (SSSR count). The van der Waals surface area contributed by atoms with Crippen LogP contribution in [0.5, 0.6) is 0 Å². The van der Waals surface area contributed by atoms with Gasteiger partial charge in [-0.15, -0.1) is 0 Å². The zero-order valence-electron chi connectivity index (χ0n) is 18.3. The molecule has 2 aromatic carbocycles. The number of amides is 1. The number of nitrogens with zero attached hydrogens (tertiary/aromatic N) is 3. The lowest BCUT2D eigenvalue weighted by Crippen LogP contribution is -2.39. The van der Waals surface area contributed by atoms with Gasteiger partial charge < -0.3 is 4.90 Å². The van der Waals surface area contributed by atoms with Crippen LogP contribution in [-0.2, 0) is 0 Å². The summed E-state index contributed by atoms with van der Waals surface area (Å²) < 4.78 is 0. The second-order valence-electron chi connectivity index (χ2n) is 8.47. The molecule has 4 nitrogen and oxygen atoms in total. The summed E-state index contributed by atoms with van der Waals surface area (Å²) in [6.07, 6.45) is 3.96. The molecule has 30 heavy (non-hydrogen) atoms. The molecule has 1 amide bonds. The molecule has 1 unspecified atom stereocenters. The second-order valence-corrected chi connectivity index (χ2v) is 8.47. The first-order valence-corrected chi connectivity index (χ1v) is 10.7. The van der Waals surface area contributed by atoms with E-state index in [4.69, 9.17) is 4.98 Å². The molecule has 0 N–H and O–H groups in total. The van der Waals surface area contributed by atoms with Crippen LogP contribution < -0.4 is 0 Å². The van der Waals surface area contributed by atoms with Crippen LogP contribution in [0.15, 0.2) is 48.7 Å². The van der Waals surface area contributed by atoms with E-state index in [1.807, 2.05) is 36.2 Å². The molecule has 1 aliphatic rings. The number of carbonyl (C=O) groups excluding carboxylic acids is 1. The van der Waals surface area contributed by atoms with Crippen LogP contribution in [0.2, 0.25) is 0 Å². The predicted molar refractivity (Wildman–Crippen MR) is 121 cm³/mol. The molecule has 2 heterocycles. The number of carbonyl (C=O) groups is 1. The maximum Gasteiger partial charge on any atom is 0.253 e. The first kappa shape index (κ1) is 20.3. The van der Waals surface area contributed by atoms with Crippen molar-refractivity contribution >= 4 is 5.91 Å². The Hall–Kier alpha value is -3.01. The highest BCUT2D eigenvalue weighted by Gasteiger charge is 2.28. The Morgan fingerprint density at radius 1 is 1.03 bits per heavy atom. The molecule has 0 radical (unpaired) electrons. The van der Waals surface area contributed by atoms with Gasteiger partial charge in [-0.25, -0.2) is 9.97 Å². The van der Waals surface area contributed by atoms with Gasteiger partial charge >= 0.3 is 0 Å². The van der Waals surface area contributed by atoms with Gasteiger partial charge in [-0.05, 0) is 69.4 Å². The molecular weight excluding hydrogens is 370 g/mol. The average molecular weight is 400 g/mol. The van der Waals surface area contributed by atoms with Crippen LogP contribution in [0.3, 0.4) is 0 Å². The molecule has 1 aromatic heterocycles. The van der Waals surface area contributed by atoms with E-state index in [9.17, 15) is 4.79 Å². The zero-order chi connectivity index (χ0) is 21.3. The number of hydrogen-bond donors (Lipinski definition) is 0. The minimum Gasteiger partial charge on any atom is -0.338 e. The molecule has 3 aromatic rings. The topological polar surface area (TPSA) is 46.1 Å². The van der Waals surface area contributed by atoms with E-state index in [0.29, 0.717) is 6.54 Å². The minimum absolute atomic E-state index is 0.116. The summed E-state index contributed by atoms with van der Waals surface area (Å²) >= 11 is 0. The summed E-state index contributed by atoms with van der Waals surface area (Å²) in [5, 5.41) is 0. The number of likely N-dealkylation sites (tertiary alicyclic amines) is 1. The van der Waals surface area contributed by atoms with Gasteiger partial charge in [0.2, 0.25) is 0 Å². The summed E-state index contributed by atoms with van der Waals surface area (Å²) in [5.74, 6) is 1.11. The highest BCUT2D eigenvalue weighted by Crippen LogP contribution is 2.33. The van der Waals surface area contributed by atoms with Crippen molar-refractivity contribution < 1.29 is 4.79 Å². The summed E-state index contributed by atoms with van der Waals surface area (Å²) in [4.78, 5) is 24.5. The van der Waals surface area contributed by atoms with Crippen LogP contribution in [0, 0.1) is 27.7 Å². The Bertz CT molecular complexity index is 1090. The Morgan fingerprint density at radius 2 is 1.87 bits per heavy atom. The van der Waals surface area contributed by atoms with E-state index in [0.717, 1.165) is 53.2 Å². The van der Waals surface area contributed by atoms with Crippen molar-refractivity contribution in [3.63, 3.8) is 0 Å². The van der Waals surface area contributed by atoms with Crippen LogP contribution >= 0.6 is 0 Å². The average Bonchev–Trinajstić information content (AvgIpc) is 2.75. The Kier molecular flexibility index (Phi) is 5.67. The monoisotopic (exact) mass is 399 g/mol. The maximum absolute atomic E-state index is 13.2. The number of rotatable bonds is 3. The standard InChI is InChI=1S/C26H29N3O/c1-17-7-5-8-21(13-17)24-15-27-20(4)28-25(24)23-9-6-12-29(16-23)26(30)22-11-10-18(2)19(3)14-22/h5,7-8,10-11,13-15,23H,6,9,12,16H2,1-4H3. The Labute approximate surface area is 179 Å². The van der Waals surface area contributed by atoms with Crippen molar-refractivity contribution in [2.75, 3.05) is 13.1 Å². The third-order valence-electron chi connectivity index (χ3n) is 6.12. The highest BCUT2D eigenvalue weighted by atomic mass is 16.2. The van der Waals surface area contributed by atoms with Crippen LogP contribution in [0.4, 0.5) is 0 Å². The molecule has 154 valence electrons. The number of piperidine rings is 1. The summed E-state index contributed by atoms with van der Waals surface area (Å²) in [6.45, 7) is 9.66. The van der Waals surface area contributed by atoms with Crippen molar-refractivity contribution in [3.05, 3.63) is 82.4 Å². The first-order valence-electron chi connectivity index (χ1n) is 10.7. The third kappa shape index (κ3) is 4.13. The van der Waals surface area contributed by atoms with Crippen molar-refractivity contribution in [2.24, 2.45) is 0 Å². The predicted octanol–water partition coefficient (Wildman–Crippen LogP) is 5.40. The van der Waals surface area contributed by atoms with Gasteiger partial charge in [0.25, 0.3) is 5.91 Å². The molecule has 1 aliphatic heterocycles. The normalized spacial score (nSPS) is 16.5. The van der Waals surface area contributed by atoms with Gasteiger partial charge in [0.15, 0.2) is 0 Å². The minimum atomic E-state index is 0.116. The van der Waals surface area contributed by atoms with Crippen molar-refractivity contribution in [1.29, 1.82) is 0 Å². The number of hydrogen-bond acceptors (Lipinski definition) is 3. The van der Waals surface area contributed by atoms with E-state index in [-0.39, 0.29) is 11.8 Å². The fourth-order valence-corrected chi connectivity index (χ4v) is 4.28.